The highest BCUT2D eigenvalue weighted by atomic mass is 35.5. The molecule has 0 saturated carbocycles. The van der Waals surface area contributed by atoms with Gasteiger partial charge in [0.1, 0.15) is 11.9 Å². The minimum absolute atomic E-state index is 0.170. The molecule has 23 heavy (non-hydrogen) atoms. The van der Waals surface area contributed by atoms with E-state index in [1.807, 2.05) is 16.8 Å². The number of ether oxygens (including phenoxy) is 2. The number of rotatable bonds is 7. The van der Waals surface area contributed by atoms with E-state index >= 15 is 0 Å². The van der Waals surface area contributed by atoms with Crippen LogP contribution >= 0.6 is 22.9 Å². The van der Waals surface area contributed by atoms with Crippen molar-refractivity contribution in [1.82, 2.24) is 5.32 Å². The van der Waals surface area contributed by atoms with Gasteiger partial charge in [-0.05, 0) is 60.5 Å². The Morgan fingerprint density at radius 1 is 1.30 bits per heavy atom. The Balaban J connectivity index is 1.94. The number of halogens is 1. The Kier molecular flexibility index (Phi) is 6.04. The monoisotopic (exact) mass is 353 g/mol. The summed E-state index contributed by atoms with van der Waals surface area (Å²) in [4.78, 5) is 12.4. The lowest BCUT2D eigenvalue weighted by Gasteiger charge is -2.26. The first-order valence-electron chi connectivity index (χ1n) is 7.20. The number of hydrogen-bond acceptors (Lipinski definition) is 4. The molecular formula is C17H20ClNO3S. The van der Waals surface area contributed by atoms with Crippen LogP contribution in [0.3, 0.4) is 0 Å². The summed E-state index contributed by atoms with van der Waals surface area (Å²) in [6, 6.07) is 8.91. The molecule has 1 unspecified atom stereocenters. The van der Waals surface area contributed by atoms with Crippen molar-refractivity contribution in [2.24, 2.45) is 0 Å². The first-order chi connectivity index (χ1) is 10.9. The summed E-state index contributed by atoms with van der Waals surface area (Å²) in [6.07, 6.45) is -0.170. The lowest BCUT2D eigenvalue weighted by Crippen LogP contribution is -2.47. The van der Waals surface area contributed by atoms with E-state index in [1.54, 1.807) is 56.6 Å². The summed E-state index contributed by atoms with van der Waals surface area (Å²) in [5, 5.41) is 7.50. The first kappa shape index (κ1) is 17.8. The van der Waals surface area contributed by atoms with Gasteiger partial charge in [0.2, 0.25) is 0 Å². The molecule has 124 valence electrons. The third-order valence-electron chi connectivity index (χ3n) is 3.38. The first-order valence-corrected chi connectivity index (χ1v) is 8.52. The summed E-state index contributed by atoms with van der Waals surface area (Å²) in [5.74, 6) is 0.389. The third kappa shape index (κ3) is 4.96. The Bertz CT molecular complexity index is 626. The number of nitrogens with one attached hydrogen (secondary N) is 1. The molecule has 1 N–H and O–H groups in total. The highest BCUT2D eigenvalue weighted by Gasteiger charge is 2.30. The Hall–Kier alpha value is -1.56. The van der Waals surface area contributed by atoms with E-state index in [-0.39, 0.29) is 12.0 Å². The lowest BCUT2D eigenvalue weighted by molar-refractivity contribution is -0.134. The van der Waals surface area contributed by atoms with Crippen LogP contribution in [-0.4, -0.2) is 25.2 Å². The van der Waals surface area contributed by atoms with Crippen molar-refractivity contribution in [3.63, 3.8) is 0 Å². The molecule has 1 amide bonds. The summed E-state index contributed by atoms with van der Waals surface area (Å²) >= 11 is 7.44. The van der Waals surface area contributed by atoms with Crippen LogP contribution in [0.2, 0.25) is 5.02 Å². The molecule has 0 radical (unpaired) electrons. The molecule has 0 spiro atoms. The Morgan fingerprint density at radius 3 is 2.57 bits per heavy atom. The minimum atomic E-state index is -0.999. The molecule has 1 atom stereocenters. The van der Waals surface area contributed by atoms with Crippen LogP contribution in [0.25, 0.3) is 0 Å². The number of carbonyl (C=O) groups is 1. The second-order valence-electron chi connectivity index (χ2n) is 5.56. The second-order valence-corrected chi connectivity index (χ2v) is 6.77. The molecular weight excluding hydrogens is 334 g/mol. The lowest BCUT2D eigenvalue weighted by atomic mass is 10.1. The van der Waals surface area contributed by atoms with E-state index in [1.165, 1.54) is 0 Å². The van der Waals surface area contributed by atoms with Crippen LogP contribution in [-0.2, 0) is 9.53 Å². The summed E-state index contributed by atoms with van der Waals surface area (Å²) in [6.45, 7) is 3.84. The summed E-state index contributed by atoms with van der Waals surface area (Å²) < 4.78 is 11.2. The molecule has 2 rings (SSSR count). The van der Waals surface area contributed by atoms with Gasteiger partial charge in [-0.25, -0.2) is 0 Å². The maximum atomic E-state index is 12.4. The smallest absolute Gasteiger partial charge is 0.263 e. The van der Waals surface area contributed by atoms with Crippen molar-refractivity contribution in [3.8, 4) is 5.75 Å². The van der Waals surface area contributed by atoms with Crippen molar-refractivity contribution >= 4 is 28.8 Å². The fourth-order valence-electron chi connectivity index (χ4n) is 2.04. The number of benzene rings is 1. The molecule has 0 aliphatic carbocycles. The van der Waals surface area contributed by atoms with Gasteiger partial charge in [-0.15, -0.1) is 0 Å². The fraction of sp³-hybridized carbons (Fsp3) is 0.353. The van der Waals surface area contributed by atoms with E-state index in [2.05, 4.69) is 5.32 Å². The van der Waals surface area contributed by atoms with Gasteiger partial charge < -0.3 is 14.8 Å². The standard InChI is InChI=1S/C17H20ClNO3S/c1-17(2,22-14-6-4-13(18)5-7-14)16(20)19-10-15(21-3)12-8-9-23-11-12/h4-9,11,15H,10H2,1-3H3,(H,19,20). The van der Waals surface area contributed by atoms with E-state index < -0.39 is 5.60 Å². The molecule has 4 nitrogen and oxygen atoms in total. The number of carbonyl (C=O) groups excluding carboxylic acids is 1. The fourth-order valence-corrected chi connectivity index (χ4v) is 2.87. The van der Waals surface area contributed by atoms with Crippen molar-refractivity contribution in [1.29, 1.82) is 0 Å². The maximum absolute atomic E-state index is 12.4. The van der Waals surface area contributed by atoms with Gasteiger partial charge in [-0.2, -0.15) is 11.3 Å². The highest BCUT2D eigenvalue weighted by molar-refractivity contribution is 7.07. The van der Waals surface area contributed by atoms with Gasteiger partial charge in [0, 0.05) is 18.7 Å². The van der Waals surface area contributed by atoms with Crippen molar-refractivity contribution in [3.05, 3.63) is 51.7 Å². The van der Waals surface area contributed by atoms with Crippen molar-refractivity contribution in [2.45, 2.75) is 25.6 Å². The molecule has 1 aromatic carbocycles. The quantitative estimate of drug-likeness (QED) is 0.816. The van der Waals surface area contributed by atoms with Gasteiger partial charge in [0.25, 0.3) is 5.91 Å². The molecule has 0 aliphatic rings. The zero-order chi connectivity index (χ0) is 16.9. The highest BCUT2D eigenvalue weighted by Crippen LogP contribution is 2.22. The molecule has 0 aliphatic heterocycles. The normalized spacial score (nSPS) is 12.7. The van der Waals surface area contributed by atoms with Crippen LogP contribution in [0.15, 0.2) is 41.1 Å². The molecule has 6 heteroatoms. The van der Waals surface area contributed by atoms with Crippen molar-refractivity contribution < 1.29 is 14.3 Å². The van der Waals surface area contributed by atoms with Crippen molar-refractivity contribution in [2.75, 3.05) is 13.7 Å². The van der Waals surface area contributed by atoms with Crippen LogP contribution in [0.5, 0.6) is 5.75 Å². The van der Waals surface area contributed by atoms with E-state index in [0.29, 0.717) is 17.3 Å². The average molecular weight is 354 g/mol. The molecule has 2 aromatic rings. The summed E-state index contributed by atoms with van der Waals surface area (Å²) in [5.41, 5.74) is 0.0510. The average Bonchev–Trinajstić information content (AvgIpc) is 3.04. The SMILES string of the molecule is COC(CNC(=O)C(C)(C)Oc1ccc(Cl)cc1)c1ccsc1. The number of amides is 1. The Morgan fingerprint density at radius 2 is 2.00 bits per heavy atom. The van der Waals surface area contributed by atoms with Gasteiger partial charge >= 0.3 is 0 Å². The maximum Gasteiger partial charge on any atom is 0.263 e. The summed E-state index contributed by atoms with van der Waals surface area (Å²) in [7, 11) is 1.63. The second kappa shape index (κ2) is 7.81. The largest absolute Gasteiger partial charge is 0.478 e. The van der Waals surface area contributed by atoms with Crippen LogP contribution < -0.4 is 10.1 Å². The van der Waals surface area contributed by atoms with Crippen LogP contribution in [0, 0.1) is 0 Å². The zero-order valence-electron chi connectivity index (χ0n) is 13.3. The van der Waals surface area contributed by atoms with E-state index in [0.717, 1.165) is 5.56 Å². The topological polar surface area (TPSA) is 47.6 Å². The zero-order valence-corrected chi connectivity index (χ0v) is 14.9. The van der Waals surface area contributed by atoms with Gasteiger partial charge in [0.05, 0.1) is 0 Å². The number of methoxy groups -OCH3 is 1. The van der Waals surface area contributed by atoms with Gasteiger partial charge in [0.15, 0.2) is 5.60 Å². The van der Waals surface area contributed by atoms with Gasteiger partial charge in [-0.3, -0.25) is 4.79 Å². The number of thiophene rings is 1. The van der Waals surface area contributed by atoms with Crippen LogP contribution in [0.1, 0.15) is 25.5 Å². The Labute approximate surface area is 145 Å². The molecule has 0 bridgehead atoms. The molecule has 1 aromatic heterocycles. The van der Waals surface area contributed by atoms with E-state index in [9.17, 15) is 4.79 Å². The number of hydrogen-bond donors (Lipinski definition) is 1. The van der Waals surface area contributed by atoms with Crippen LogP contribution in [0.4, 0.5) is 0 Å². The van der Waals surface area contributed by atoms with Gasteiger partial charge in [-0.1, -0.05) is 11.6 Å². The van der Waals surface area contributed by atoms with E-state index in [4.69, 9.17) is 21.1 Å². The molecule has 1 heterocycles. The predicted octanol–water partition coefficient (Wildman–Crippen LogP) is 4.06. The predicted molar refractivity (Wildman–Crippen MR) is 93.2 cm³/mol. The molecule has 0 fully saturated rings. The third-order valence-corrected chi connectivity index (χ3v) is 4.33. The molecule has 0 saturated heterocycles. The minimum Gasteiger partial charge on any atom is -0.478 e.